The molecule has 0 fully saturated rings. The lowest BCUT2D eigenvalue weighted by molar-refractivity contribution is -0.167. The van der Waals surface area contributed by atoms with Crippen LogP contribution >= 0.6 is 0 Å². The van der Waals surface area contributed by atoms with Crippen LogP contribution in [0.1, 0.15) is 368 Å². The van der Waals surface area contributed by atoms with Gasteiger partial charge in [-0.25, -0.2) is 0 Å². The van der Waals surface area contributed by atoms with Gasteiger partial charge in [-0.1, -0.05) is 329 Å². The number of hydrogen-bond acceptors (Lipinski definition) is 6. The number of rotatable bonds is 59. The fourth-order valence-electron chi connectivity index (χ4n) is 9.99. The van der Waals surface area contributed by atoms with Gasteiger partial charge >= 0.3 is 17.9 Å². The molecule has 0 amide bonds. The molecule has 0 aromatic carbocycles. The third-order valence-electron chi connectivity index (χ3n) is 14.8. The molecule has 0 N–H and O–H groups in total. The zero-order valence-electron chi connectivity index (χ0n) is 48.0. The van der Waals surface area contributed by atoms with Gasteiger partial charge < -0.3 is 14.2 Å². The Labute approximate surface area is 438 Å². The van der Waals surface area contributed by atoms with Crippen LogP contribution in [0.4, 0.5) is 0 Å². The average Bonchev–Trinajstić information content (AvgIpc) is 3.35. The van der Waals surface area contributed by atoms with E-state index in [1.807, 2.05) is 0 Å². The van der Waals surface area contributed by atoms with Gasteiger partial charge in [-0.2, -0.15) is 0 Å². The van der Waals surface area contributed by atoms with Gasteiger partial charge in [0.15, 0.2) is 6.10 Å². The highest BCUT2D eigenvalue weighted by atomic mass is 16.6. The molecular weight excluding hydrogens is 865 g/mol. The van der Waals surface area contributed by atoms with Crippen LogP contribution in [0.2, 0.25) is 0 Å². The highest BCUT2D eigenvalue weighted by molar-refractivity contribution is 5.71. The molecule has 0 aromatic rings. The second-order valence-electron chi connectivity index (χ2n) is 22.5. The minimum Gasteiger partial charge on any atom is -0.462 e. The third kappa shape index (κ3) is 57.3. The van der Waals surface area contributed by atoms with Gasteiger partial charge in [0.05, 0.1) is 0 Å². The van der Waals surface area contributed by atoms with Crippen molar-refractivity contribution in [2.75, 3.05) is 13.2 Å². The maximum atomic E-state index is 12.9. The number of carbonyl (C=O) groups excluding carboxylic acids is 3. The molecule has 0 heterocycles. The second kappa shape index (κ2) is 58.3. The van der Waals surface area contributed by atoms with E-state index in [0.717, 1.165) is 63.7 Å². The highest BCUT2D eigenvalue weighted by Gasteiger charge is 2.19. The lowest BCUT2D eigenvalue weighted by Crippen LogP contribution is -2.30. The minimum absolute atomic E-state index is 0.0613. The van der Waals surface area contributed by atoms with Gasteiger partial charge in [0.1, 0.15) is 13.2 Å². The fourth-order valence-corrected chi connectivity index (χ4v) is 9.99. The monoisotopic (exact) mass is 989 g/mol. The van der Waals surface area contributed by atoms with Crippen LogP contribution in [0.15, 0.2) is 0 Å². The van der Waals surface area contributed by atoms with Gasteiger partial charge in [-0.15, -0.1) is 0 Å². The van der Waals surface area contributed by atoms with Gasteiger partial charge in [-0.05, 0) is 25.2 Å². The summed E-state index contributed by atoms with van der Waals surface area (Å²) in [6.45, 7) is 9.08. The predicted octanol–water partition coefficient (Wildman–Crippen LogP) is 21.4. The molecule has 0 unspecified atom stereocenters. The Morgan fingerprint density at radius 3 is 0.700 bits per heavy atom. The van der Waals surface area contributed by atoms with E-state index in [4.69, 9.17) is 14.2 Å². The molecule has 0 saturated heterocycles. The summed E-state index contributed by atoms with van der Waals surface area (Å²) in [5.41, 5.74) is 0. The Morgan fingerprint density at radius 1 is 0.271 bits per heavy atom. The van der Waals surface area contributed by atoms with Crippen LogP contribution < -0.4 is 0 Å². The fraction of sp³-hybridized carbons (Fsp3) is 0.953. The number of unbranched alkanes of at least 4 members (excludes halogenated alkanes) is 46. The molecule has 0 aromatic heterocycles. The Kier molecular flexibility index (Phi) is 57.0. The molecule has 0 aliphatic rings. The highest BCUT2D eigenvalue weighted by Crippen LogP contribution is 2.19. The lowest BCUT2D eigenvalue weighted by atomic mass is 10.0. The zero-order valence-corrected chi connectivity index (χ0v) is 48.0. The molecule has 0 aliphatic carbocycles. The lowest BCUT2D eigenvalue weighted by Gasteiger charge is -2.18. The van der Waals surface area contributed by atoms with Crippen LogP contribution in [0, 0.1) is 5.92 Å². The molecule has 0 saturated carbocycles. The summed E-state index contributed by atoms with van der Waals surface area (Å²) >= 11 is 0. The van der Waals surface area contributed by atoms with Crippen molar-refractivity contribution < 1.29 is 28.6 Å². The van der Waals surface area contributed by atoms with Crippen molar-refractivity contribution in [1.29, 1.82) is 0 Å². The first-order valence-electron chi connectivity index (χ1n) is 31.9. The van der Waals surface area contributed by atoms with Gasteiger partial charge in [0, 0.05) is 19.3 Å². The van der Waals surface area contributed by atoms with E-state index in [0.29, 0.717) is 19.3 Å². The van der Waals surface area contributed by atoms with Crippen molar-refractivity contribution in [3.63, 3.8) is 0 Å². The summed E-state index contributed by atoms with van der Waals surface area (Å²) in [6, 6.07) is 0. The van der Waals surface area contributed by atoms with Crippen molar-refractivity contribution in [3.05, 3.63) is 0 Å². The van der Waals surface area contributed by atoms with Crippen molar-refractivity contribution in [3.8, 4) is 0 Å². The van der Waals surface area contributed by atoms with E-state index in [1.54, 1.807) is 0 Å². The van der Waals surface area contributed by atoms with E-state index in [-0.39, 0.29) is 31.1 Å². The molecule has 0 radical (unpaired) electrons. The summed E-state index contributed by atoms with van der Waals surface area (Å²) in [5.74, 6) is 0.00530. The molecule has 70 heavy (non-hydrogen) atoms. The molecule has 1 atom stereocenters. The maximum absolute atomic E-state index is 12.9. The number of esters is 3. The number of carbonyl (C=O) groups is 3. The Balaban J connectivity index is 4.28. The number of ether oxygens (including phenoxy) is 3. The standard InChI is InChI=1S/C64H124O6/c1-5-7-9-11-13-15-17-19-21-23-25-27-28-30-35-39-43-47-51-55-62(65)68-58-61(59-69-63(66)56-52-48-44-40-36-33-32-34-38-42-46-50-54-60(3)4)70-64(67)57-53-49-45-41-37-31-29-26-24-22-20-18-16-14-12-10-8-6-2/h60-61H,5-59H2,1-4H3/t61-/m1/s1. The SMILES string of the molecule is CCCCCCCCCCCCCCCCCCCCCC(=O)OC[C@H](COC(=O)CCCCCCCCCCCCCCC(C)C)OC(=O)CCCCCCCCCCCCCCCCCCCC. The first-order valence-corrected chi connectivity index (χ1v) is 31.9. The summed E-state index contributed by atoms with van der Waals surface area (Å²) in [7, 11) is 0. The normalized spacial score (nSPS) is 12.0. The Bertz CT molecular complexity index is 1060. The molecule has 0 rings (SSSR count). The topological polar surface area (TPSA) is 78.9 Å². The largest absolute Gasteiger partial charge is 0.462 e. The smallest absolute Gasteiger partial charge is 0.306 e. The summed E-state index contributed by atoms with van der Waals surface area (Å²) in [4.78, 5) is 38.3. The maximum Gasteiger partial charge on any atom is 0.306 e. The van der Waals surface area contributed by atoms with Gasteiger partial charge in [-0.3, -0.25) is 14.4 Å². The van der Waals surface area contributed by atoms with Crippen LogP contribution in [-0.4, -0.2) is 37.2 Å². The van der Waals surface area contributed by atoms with Crippen LogP contribution in [0.25, 0.3) is 0 Å². The molecule has 6 heteroatoms. The van der Waals surface area contributed by atoms with Crippen molar-refractivity contribution in [1.82, 2.24) is 0 Å². The first kappa shape index (κ1) is 68.4. The zero-order chi connectivity index (χ0) is 50.9. The van der Waals surface area contributed by atoms with Crippen molar-refractivity contribution >= 4 is 17.9 Å². The summed E-state index contributed by atoms with van der Waals surface area (Å²) < 4.78 is 17.0. The summed E-state index contributed by atoms with van der Waals surface area (Å²) in [6.07, 6.45) is 65.3. The first-order chi connectivity index (χ1) is 34.4. The van der Waals surface area contributed by atoms with E-state index >= 15 is 0 Å². The summed E-state index contributed by atoms with van der Waals surface area (Å²) in [5, 5.41) is 0. The van der Waals surface area contributed by atoms with Crippen LogP contribution in [-0.2, 0) is 28.6 Å². The van der Waals surface area contributed by atoms with E-state index in [1.165, 1.54) is 263 Å². The van der Waals surface area contributed by atoms with Crippen molar-refractivity contribution in [2.24, 2.45) is 5.92 Å². The molecule has 0 aliphatic heterocycles. The molecule has 0 bridgehead atoms. The van der Waals surface area contributed by atoms with Gasteiger partial charge in [0.25, 0.3) is 0 Å². The minimum atomic E-state index is -0.763. The molecule has 0 spiro atoms. The number of hydrogen-bond donors (Lipinski definition) is 0. The van der Waals surface area contributed by atoms with Crippen LogP contribution in [0.5, 0.6) is 0 Å². The van der Waals surface area contributed by atoms with E-state index in [2.05, 4.69) is 27.7 Å². The van der Waals surface area contributed by atoms with Crippen LogP contribution in [0.3, 0.4) is 0 Å². The average molecular weight is 990 g/mol. The Hall–Kier alpha value is -1.59. The third-order valence-corrected chi connectivity index (χ3v) is 14.8. The predicted molar refractivity (Wildman–Crippen MR) is 303 cm³/mol. The van der Waals surface area contributed by atoms with Crippen molar-refractivity contribution in [2.45, 2.75) is 374 Å². The Morgan fingerprint density at radius 2 is 0.471 bits per heavy atom. The van der Waals surface area contributed by atoms with E-state index < -0.39 is 6.10 Å². The molecule has 416 valence electrons. The molecular formula is C64H124O6. The van der Waals surface area contributed by atoms with E-state index in [9.17, 15) is 14.4 Å². The second-order valence-corrected chi connectivity index (χ2v) is 22.5. The molecule has 6 nitrogen and oxygen atoms in total. The van der Waals surface area contributed by atoms with Gasteiger partial charge in [0.2, 0.25) is 0 Å². The quantitative estimate of drug-likeness (QED) is 0.0343.